The Morgan fingerprint density at radius 1 is 1.05 bits per heavy atom. The average Bonchev–Trinajstić information content (AvgIpc) is 2.39. The van der Waals surface area contributed by atoms with E-state index in [4.69, 9.17) is 26.9 Å². The fourth-order valence-corrected chi connectivity index (χ4v) is 1.65. The van der Waals surface area contributed by atoms with E-state index in [0.29, 0.717) is 5.02 Å². The van der Waals surface area contributed by atoms with Crippen molar-refractivity contribution in [2.45, 2.75) is 0 Å². The van der Waals surface area contributed by atoms with Gasteiger partial charge in [-0.1, -0.05) is 17.7 Å². The van der Waals surface area contributed by atoms with Crippen LogP contribution in [0.1, 0.15) is 11.1 Å². The van der Waals surface area contributed by atoms with Crippen LogP contribution in [0, 0.1) is 28.5 Å². The van der Waals surface area contributed by atoms with E-state index in [1.807, 2.05) is 6.07 Å². The molecule has 0 aliphatic rings. The van der Waals surface area contributed by atoms with Crippen LogP contribution in [0.4, 0.5) is 4.39 Å². The first-order chi connectivity index (χ1) is 9.15. The molecule has 0 aromatic heterocycles. The van der Waals surface area contributed by atoms with Crippen molar-refractivity contribution >= 4 is 11.6 Å². The Labute approximate surface area is 114 Å². The van der Waals surface area contributed by atoms with Gasteiger partial charge in [-0.2, -0.15) is 10.5 Å². The Bertz CT molecular complexity index is 716. The average molecular weight is 273 g/mol. The minimum absolute atomic E-state index is 0.0428. The lowest BCUT2D eigenvalue weighted by Crippen LogP contribution is -1.93. The van der Waals surface area contributed by atoms with Crippen LogP contribution in [0.2, 0.25) is 5.02 Å². The second-order valence-electron chi connectivity index (χ2n) is 3.58. The highest BCUT2D eigenvalue weighted by molar-refractivity contribution is 6.30. The highest BCUT2D eigenvalue weighted by Crippen LogP contribution is 2.30. The molecule has 0 fully saturated rings. The van der Waals surface area contributed by atoms with Crippen LogP contribution in [-0.4, -0.2) is 0 Å². The van der Waals surface area contributed by atoms with Gasteiger partial charge in [0.2, 0.25) is 0 Å². The smallest absolute Gasteiger partial charge is 0.148 e. The molecule has 2 aromatic carbocycles. The molecular formula is C14H6ClFN2O. The number of ether oxygens (including phenoxy) is 1. The van der Waals surface area contributed by atoms with Gasteiger partial charge in [-0.3, -0.25) is 0 Å². The maximum absolute atomic E-state index is 13.4. The molecule has 2 aromatic rings. The topological polar surface area (TPSA) is 56.8 Å². The second kappa shape index (κ2) is 5.39. The fourth-order valence-electron chi connectivity index (χ4n) is 1.49. The summed E-state index contributed by atoms with van der Waals surface area (Å²) in [7, 11) is 0. The van der Waals surface area contributed by atoms with E-state index >= 15 is 0 Å². The highest BCUT2D eigenvalue weighted by Gasteiger charge is 2.12. The summed E-state index contributed by atoms with van der Waals surface area (Å²) in [4.78, 5) is 0. The zero-order valence-corrected chi connectivity index (χ0v) is 10.3. The molecule has 0 radical (unpaired) electrons. The lowest BCUT2D eigenvalue weighted by molar-refractivity contribution is 0.473. The van der Waals surface area contributed by atoms with Gasteiger partial charge in [0, 0.05) is 11.1 Å². The Balaban J connectivity index is 2.49. The van der Waals surface area contributed by atoms with E-state index in [0.717, 1.165) is 6.07 Å². The normalized spacial score (nSPS) is 9.47. The Kier molecular flexibility index (Phi) is 3.66. The largest absolute Gasteiger partial charge is 0.454 e. The molecule has 0 saturated carbocycles. The Hall–Kier alpha value is -2.56. The summed E-state index contributed by atoms with van der Waals surface area (Å²) in [6.07, 6.45) is 0. The highest BCUT2D eigenvalue weighted by atomic mass is 35.5. The minimum atomic E-state index is -0.680. The van der Waals surface area contributed by atoms with Gasteiger partial charge < -0.3 is 4.74 Å². The summed E-state index contributed by atoms with van der Waals surface area (Å²) in [5.74, 6) is -0.459. The van der Waals surface area contributed by atoms with Crippen LogP contribution in [0.25, 0.3) is 0 Å². The molecule has 0 N–H and O–H groups in total. The summed E-state index contributed by atoms with van der Waals surface area (Å²) < 4.78 is 18.8. The molecule has 5 heteroatoms. The second-order valence-corrected chi connectivity index (χ2v) is 4.02. The molecule has 2 rings (SSSR count). The molecule has 0 heterocycles. The monoisotopic (exact) mass is 272 g/mol. The van der Waals surface area contributed by atoms with Gasteiger partial charge in [0.25, 0.3) is 0 Å². The lowest BCUT2D eigenvalue weighted by Gasteiger charge is -2.09. The fraction of sp³-hybridized carbons (Fsp3) is 0. The summed E-state index contributed by atoms with van der Waals surface area (Å²) in [5, 5.41) is 18.2. The van der Waals surface area contributed by atoms with Gasteiger partial charge in [-0.15, -0.1) is 0 Å². The predicted molar refractivity (Wildman–Crippen MR) is 67.4 cm³/mol. The number of benzene rings is 2. The molecule has 0 atom stereocenters. The van der Waals surface area contributed by atoms with Gasteiger partial charge in [0.15, 0.2) is 0 Å². The summed E-state index contributed by atoms with van der Waals surface area (Å²) >= 11 is 5.82. The van der Waals surface area contributed by atoms with Crippen molar-refractivity contribution in [2.75, 3.05) is 0 Å². The third kappa shape index (κ3) is 2.65. The van der Waals surface area contributed by atoms with E-state index in [1.165, 1.54) is 24.3 Å². The van der Waals surface area contributed by atoms with Crippen molar-refractivity contribution in [2.24, 2.45) is 0 Å². The molecule has 0 saturated heterocycles. The van der Waals surface area contributed by atoms with Crippen molar-refractivity contribution < 1.29 is 9.13 Å². The quantitative estimate of drug-likeness (QED) is 0.830. The van der Waals surface area contributed by atoms with Crippen LogP contribution in [0.3, 0.4) is 0 Å². The third-order valence-corrected chi connectivity index (χ3v) is 2.61. The lowest BCUT2D eigenvalue weighted by atomic mass is 10.2. The number of hydrogen-bond donors (Lipinski definition) is 0. The van der Waals surface area contributed by atoms with Crippen LogP contribution in [0.15, 0.2) is 36.4 Å². The summed E-state index contributed by atoms with van der Waals surface area (Å²) in [6, 6.07) is 12.2. The van der Waals surface area contributed by atoms with Gasteiger partial charge in [-0.25, -0.2) is 4.39 Å². The molecule has 19 heavy (non-hydrogen) atoms. The third-order valence-electron chi connectivity index (χ3n) is 2.37. The van der Waals surface area contributed by atoms with Gasteiger partial charge in [0.05, 0.1) is 5.56 Å². The number of nitriles is 2. The molecule has 3 nitrogen and oxygen atoms in total. The van der Waals surface area contributed by atoms with E-state index in [9.17, 15) is 4.39 Å². The van der Waals surface area contributed by atoms with Crippen molar-refractivity contribution in [1.82, 2.24) is 0 Å². The maximum atomic E-state index is 13.4. The minimum Gasteiger partial charge on any atom is -0.454 e. The van der Waals surface area contributed by atoms with Crippen molar-refractivity contribution in [3.8, 4) is 23.6 Å². The first-order valence-electron chi connectivity index (χ1n) is 5.22. The van der Waals surface area contributed by atoms with E-state index in [-0.39, 0.29) is 22.6 Å². The van der Waals surface area contributed by atoms with E-state index in [2.05, 4.69) is 0 Å². The van der Waals surface area contributed by atoms with Crippen LogP contribution in [-0.2, 0) is 0 Å². The molecule has 0 aliphatic carbocycles. The SMILES string of the molecule is N#Cc1ccc(Cl)cc1Oc1cccc(F)c1C#N. The van der Waals surface area contributed by atoms with E-state index < -0.39 is 5.82 Å². The van der Waals surface area contributed by atoms with Crippen LogP contribution >= 0.6 is 11.6 Å². The molecule has 0 bridgehead atoms. The van der Waals surface area contributed by atoms with Crippen molar-refractivity contribution in [1.29, 1.82) is 10.5 Å². The first kappa shape index (κ1) is 12.9. The summed E-state index contributed by atoms with van der Waals surface area (Å²) in [5.41, 5.74) is 0.0314. The summed E-state index contributed by atoms with van der Waals surface area (Å²) in [6.45, 7) is 0. The van der Waals surface area contributed by atoms with Crippen molar-refractivity contribution in [3.05, 3.63) is 58.4 Å². The molecular weight excluding hydrogens is 267 g/mol. The van der Waals surface area contributed by atoms with Gasteiger partial charge in [0.1, 0.15) is 35.0 Å². The standard InChI is InChI=1S/C14H6ClFN2O/c15-10-5-4-9(7-17)14(6-10)19-13-3-1-2-12(16)11(13)8-18/h1-6H. The van der Waals surface area contributed by atoms with Crippen LogP contribution in [0.5, 0.6) is 11.5 Å². The zero-order valence-electron chi connectivity index (χ0n) is 9.52. The number of hydrogen-bond acceptors (Lipinski definition) is 3. The molecule has 0 aliphatic heterocycles. The van der Waals surface area contributed by atoms with Crippen LogP contribution < -0.4 is 4.74 Å². The van der Waals surface area contributed by atoms with Crippen molar-refractivity contribution in [3.63, 3.8) is 0 Å². The Morgan fingerprint density at radius 3 is 2.53 bits per heavy atom. The maximum Gasteiger partial charge on any atom is 0.148 e. The molecule has 0 unspecified atom stereocenters. The van der Waals surface area contributed by atoms with Gasteiger partial charge in [-0.05, 0) is 24.3 Å². The molecule has 92 valence electrons. The predicted octanol–water partition coefficient (Wildman–Crippen LogP) is 4.01. The molecule has 0 spiro atoms. The zero-order chi connectivity index (χ0) is 13.8. The van der Waals surface area contributed by atoms with Gasteiger partial charge >= 0.3 is 0 Å². The Morgan fingerprint density at radius 2 is 1.84 bits per heavy atom. The number of halogens is 2. The number of rotatable bonds is 2. The number of nitrogens with zero attached hydrogens (tertiary/aromatic N) is 2. The first-order valence-corrected chi connectivity index (χ1v) is 5.59. The molecule has 0 amide bonds. The van der Waals surface area contributed by atoms with E-state index in [1.54, 1.807) is 12.1 Å².